The summed E-state index contributed by atoms with van der Waals surface area (Å²) in [5.74, 6) is 0.515. The number of carbonyl (C=O) groups is 1. The topological polar surface area (TPSA) is 26.3 Å². The standard InChI is InChI=1S/C22H36O2/c1-7-24-22(23)17-21(6)16-10-15-20(5)14-9-13-19(4)12-8-11-18(2)3/h10-11,15-17,19H,7-9,12-14H2,1-6H3/b16-10+,20-15+,21-17+. The fraction of sp³-hybridized carbons (Fsp3) is 0.591. The van der Waals surface area contributed by atoms with Crippen LogP contribution < -0.4 is 0 Å². The van der Waals surface area contributed by atoms with Crippen LogP contribution in [0.4, 0.5) is 0 Å². The van der Waals surface area contributed by atoms with Crippen molar-refractivity contribution in [3.63, 3.8) is 0 Å². The number of esters is 1. The van der Waals surface area contributed by atoms with Gasteiger partial charge in [0.25, 0.3) is 0 Å². The molecule has 0 saturated carbocycles. The first-order chi connectivity index (χ1) is 11.3. The third-order valence-corrected chi connectivity index (χ3v) is 3.85. The highest BCUT2D eigenvalue weighted by atomic mass is 16.5. The normalized spacial score (nSPS) is 13.9. The molecule has 1 unspecified atom stereocenters. The predicted molar refractivity (Wildman–Crippen MR) is 105 cm³/mol. The van der Waals surface area contributed by atoms with Gasteiger partial charge in [-0.3, -0.25) is 0 Å². The minimum Gasteiger partial charge on any atom is -0.463 e. The first kappa shape index (κ1) is 22.4. The van der Waals surface area contributed by atoms with Crippen LogP contribution in [0.1, 0.15) is 73.6 Å². The average Bonchev–Trinajstić information content (AvgIpc) is 2.46. The van der Waals surface area contributed by atoms with Gasteiger partial charge in [0.2, 0.25) is 0 Å². The first-order valence-electron chi connectivity index (χ1n) is 9.17. The van der Waals surface area contributed by atoms with Crippen molar-refractivity contribution in [2.75, 3.05) is 6.61 Å². The third-order valence-electron chi connectivity index (χ3n) is 3.85. The van der Waals surface area contributed by atoms with Crippen LogP contribution >= 0.6 is 0 Å². The molecule has 0 aliphatic rings. The van der Waals surface area contributed by atoms with E-state index in [9.17, 15) is 4.79 Å². The van der Waals surface area contributed by atoms with Crippen LogP contribution in [0.5, 0.6) is 0 Å². The van der Waals surface area contributed by atoms with Gasteiger partial charge in [0.15, 0.2) is 0 Å². The molecule has 0 aromatic heterocycles. The number of allylic oxidation sites excluding steroid dienone is 7. The van der Waals surface area contributed by atoms with E-state index >= 15 is 0 Å². The van der Waals surface area contributed by atoms with E-state index in [2.05, 4.69) is 39.8 Å². The zero-order valence-electron chi connectivity index (χ0n) is 16.5. The van der Waals surface area contributed by atoms with E-state index in [-0.39, 0.29) is 5.97 Å². The summed E-state index contributed by atoms with van der Waals surface area (Å²) in [4.78, 5) is 11.3. The van der Waals surface area contributed by atoms with Crippen molar-refractivity contribution in [1.82, 2.24) is 0 Å². The van der Waals surface area contributed by atoms with E-state index in [1.165, 1.54) is 42.9 Å². The van der Waals surface area contributed by atoms with E-state index in [0.29, 0.717) is 6.61 Å². The Bertz CT molecular complexity index is 474. The molecular formula is C22H36O2. The molecule has 0 amide bonds. The summed E-state index contributed by atoms with van der Waals surface area (Å²) in [5.41, 5.74) is 3.71. The van der Waals surface area contributed by atoms with E-state index < -0.39 is 0 Å². The van der Waals surface area contributed by atoms with Gasteiger partial charge in [-0.05, 0) is 71.8 Å². The smallest absolute Gasteiger partial charge is 0.330 e. The summed E-state index contributed by atoms with van der Waals surface area (Å²) >= 11 is 0. The van der Waals surface area contributed by atoms with Gasteiger partial charge in [-0.2, -0.15) is 0 Å². The van der Waals surface area contributed by atoms with Crippen LogP contribution in [-0.4, -0.2) is 12.6 Å². The Labute approximate surface area is 149 Å². The fourth-order valence-electron chi connectivity index (χ4n) is 2.40. The molecule has 24 heavy (non-hydrogen) atoms. The Hall–Kier alpha value is -1.57. The molecule has 0 bridgehead atoms. The van der Waals surface area contributed by atoms with Crippen LogP contribution in [0.15, 0.2) is 47.1 Å². The molecule has 2 heteroatoms. The summed E-state index contributed by atoms with van der Waals surface area (Å²) in [6.07, 6.45) is 16.1. The van der Waals surface area contributed by atoms with Gasteiger partial charge in [0.05, 0.1) is 6.61 Å². The Balaban J connectivity index is 4.08. The molecule has 0 rings (SSSR count). The van der Waals surface area contributed by atoms with Gasteiger partial charge in [0.1, 0.15) is 0 Å². The molecular weight excluding hydrogens is 296 g/mol. The number of hydrogen-bond acceptors (Lipinski definition) is 2. The van der Waals surface area contributed by atoms with E-state index in [4.69, 9.17) is 4.74 Å². The van der Waals surface area contributed by atoms with Crippen molar-refractivity contribution in [2.45, 2.75) is 73.6 Å². The lowest BCUT2D eigenvalue weighted by Crippen LogP contribution is -1.99. The molecule has 0 aliphatic heterocycles. The third kappa shape index (κ3) is 14.0. The van der Waals surface area contributed by atoms with Crippen molar-refractivity contribution in [3.8, 4) is 0 Å². The molecule has 0 spiro atoms. The predicted octanol–water partition coefficient (Wildman–Crippen LogP) is 6.55. The summed E-state index contributed by atoms with van der Waals surface area (Å²) < 4.78 is 4.89. The second-order valence-corrected chi connectivity index (χ2v) is 6.87. The van der Waals surface area contributed by atoms with E-state index in [1.54, 1.807) is 0 Å². The monoisotopic (exact) mass is 332 g/mol. The Morgan fingerprint density at radius 3 is 2.46 bits per heavy atom. The maximum Gasteiger partial charge on any atom is 0.330 e. The van der Waals surface area contributed by atoms with Crippen molar-refractivity contribution in [2.24, 2.45) is 5.92 Å². The molecule has 0 heterocycles. The SMILES string of the molecule is CCOC(=O)/C=C(C)/C=C/C=C(\C)CCCC(C)CCC=C(C)C. The molecule has 136 valence electrons. The summed E-state index contributed by atoms with van der Waals surface area (Å²) in [6, 6.07) is 0. The van der Waals surface area contributed by atoms with Crippen LogP contribution in [-0.2, 0) is 9.53 Å². The van der Waals surface area contributed by atoms with Crippen LogP contribution in [0.3, 0.4) is 0 Å². The Morgan fingerprint density at radius 2 is 1.83 bits per heavy atom. The summed E-state index contributed by atoms with van der Waals surface area (Å²) in [6.45, 7) is 13.0. The zero-order valence-corrected chi connectivity index (χ0v) is 16.5. The Kier molecular flexibility index (Phi) is 12.9. The number of rotatable bonds is 11. The lowest BCUT2D eigenvalue weighted by Gasteiger charge is -2.09. The van der Waals surface area contributed by atoms with E-state index in [1.807, 2.05) is 26.0 Å². The summed E-state index contributed by atoms with van der Waals surface area (Å²) in [5, 5.41) is 0. The van der Waals surface area contributed by atoms with Crippen molar-refractivity contribution >= 4 is 5.97 Å². The summed E-state index contributed by atoms with van der Waals surface area (Å²) in [7, 11) is 0. The number of ether oxygens (including phenoxy) is 1. The number of hydrogen-bond donors (Lipinski definition) is 0. The molecule has 0 fully saturated rings. The second-order valence-electron chi connectivity index (χ2n) is 6.87. The van der Waals surface area contributed by atoms with Crippen LogP contribution in [0.25, 0.3) is 0 Å². The molecule has 1 atom stereocenters. The maximum atomic E-state index is 11.3. The number of carbonyl (C=O) groups excluding carboxylic acids is 1. The fourth-order valence-corrected chi connectivity index (χ4v) is 2.40. The largest absolute Gasteiger partial charge is 0.463 e. The lowest BCUT2D eigenvalue weighted by atomic mass is 9.97. The molecule has 2 nitrogen and oxygen atoms in total. The molecule has 0 aromatic carbocycles. The lowest BCUT2D eigenvalue weighted by molar-refractivity contribution is -0.137. The Morgan fingerprint density at radius 1 is 1.12 bits per heavy atom. The van der Waals surface area contributed by atoms with Gasteiger partial charge in [0, 0.05) is 6.08 Å². The molecule has 0 radical (unpaired) electrons. The molecule has 0 aliphatic carbocycles. The maximum absolute atomic E-state index is 11.3. The van der Waals surface area contributed by atoms with Crippen LogP contribution in [0.2, 0.25) is 0 Å². The molecule has 0 N–H and O–H groups in total. The zero-order chi connectivity index (χ0) is 18.4. The van der Waals surface area contributed by atoms with Gasteiger partial charge in [-0.15, -0.1) is 0 Å². The van der Waals surface area contributed by atoms with Crippen molar-refractivity contribution < 1.29 is 9.53 Å². The average molecular weight is 333 g/mol. The second kappa shape index (κ2) is 13.8. The quantitative estimate of drug-likeness (QED) is 0.185. The minimum atomic E-state index is -0.276. The molecule has 0 aromatic rings. The van der Waals surface area contributed by atoms with Gasteiger partial charge >= 0.3 is 5.97 Å². The van der Waals surface area contributed by atoms with Gasteiger partial charge in [-0.25, -0.2) is 4.79 Å². The highest BCUT2D eigenvalue weighted by Gasteiger charge is 2.01. The van der Waals surface area contributed by atoms with Crippen molar-refractivity contribution in [3.05, 3.63) is 47.1 Å². The van der Waals surface area contributed by atoms with Crippen LogP contribution in [0, 0.1) is 5.92 Å². The van der Waals surface area contributed by atoms with E-state index in [0.717, 1.165) is 17.9 Å². The first-order valence-corrected chi connectivity index (χ1v) is 9.17. The highest BCUT2D eigenvalue weighted by Crippen LogP contribution is 2.17. The van der Waals surface area contributed by atoms with Crippen molar-refractivity contribution in [1.29, 1.82) is 0 Å². The minimum absolute atomic E-state index is 0.276. The van der Waals surface area contributed by atoms with Gasteiger partial charge in [-0.1, -0.05) is 48.8 Å². The molecule has 0 saturated heterocycles. The van der Waals surface area contributed by atoms with Gasteiger partial charge < -0.3 is 4.74 Å². The highest BCUT2D eigenvalue weighted by molar-refractivity contribution is 5.83.